The van der Waals surface area contributed by atoms with E-state index in [0.717, 1.165) is 42.8 Å². The molecule has 28 heavy (non-hydrogen) atoms. The zero-order chi connectivity index (χ0) is 20.1. The average Bonchev–Trinajstić information content (AvgIpc) is 3.12. The van der Waals surface area contributed by atoms with Crippen molar-refractivity contribution in [2.75, 3.05) is 25.5 Å². The van der Waals surface area contributed by atoms with Crippen LogP contribution in [0.15, 0.2) is 29.6 Å². The summed E-state index contributed by atoms with van der Waals surface area (Å²) in [6.07, 6.45) is 3.22. The van der Waals surface area contributed by atoms with E-state index in [2.05, 4.69) is 5.32 Å². The molecular weight excluding hydrogens is 396 g/mol. The minimum absolute atomic E-state index is 0.0428. The summed E-state index contributed by atoms with van der Waals surface area (Å²) in [5, 5.41) is 5.30. The fraction of sp³-hybridized carbons (Fsp3) is 0.429. The number of carbonyl (C=O) groups excluding carboxylic acids is 2. The third-order valence-corrected chi connectivity index (χ3v) is 6.38. The van der Waals surface area contributed by atoms with Crippen LogP contribution in [-0.2, 0) is 4.79 Å². The van der Waals surface area contributed by atoms with E-state index >= 15 is 0 Å². The van der Waals surface area contributed by atoms with Crippen LogP contribution in [0.5, 0.6) is 5.75 Å². The Kier molecular flexibility index (Phi) is 6.97. The quantitative estimate of drug-likeness (QED) is 0.716. The number of hydrogen-bond acceptors (Lipinski definition) is 4. The van der Waals surface area contributed by atoms with Crippen molar-refractivity contribution in [3.8, 4) is 5.75 Å². The van der Waals surface area contributed by atoms with Crippen LogP contribution >= 0.6 is 22.9 Å². The summed E-state index contributed by atoms with van der Waals surface area (Å²) in [6.45, 7) is 3.49. The molecule has 7 heteroatoms. The van der Waals surface area contributed by atoms with Gasteiger partial charge < -0.3 is 15.0 Å². The minimum Gasteiger partial charge on any atom is -0.495 e. The van der Waals surface area contributed by atoms with Gasteiger partial charge in [-0.3, -0.25) is 9.59 Å². The molecule has 1 aliphatic rings. The Bertz CT molecular complexity index is 852. The number of amides is 2. The molecule has 5 nitrogen and oxygen atoms in total. The van der Waals surface area contributed by atoms with E-state index in [4.69, 9.17) is 16.3 Å². The first kappa shape index (κ1) is 20.7. The van der Waals surface area contributed by atoms with Gasteiger partial charge in [0.05, 0.1) is 17.0 Å². The third kappa shape index (κ3) is 5.06. The lowest BCUT2D eigenvalue weighted by Crippen LogP contribution is -2.40. The Morgan fingerprint density at radius 1 is 1.36 bits per heavy atom. The van der Waals surface area contributed by atoms with Gasteiger partial charge in [0.2, 0.25) is 5.91 Å². The average molecular weight is 421 g/mol. The molecule has 0 radical (unpaired) electrons. The van der Waals surface area contributed by atoms with E-state index in [-0.39, 0.29) is 11.8 Å². The number of aryl methyl sites for hydroxylation is 1. The summed E-state index contributed by atoms with van der Waals surface area (Å²) < 4.78 is 5.12. The van der Waals surface area contributed by atoms with Gasteiger partial charge in [-0.1, -0.05) is 11.6 Å². The number of anilines is 1. The van der Waals surface area contributed by atoms with Crippen LogP contribution < -0.4 is 10.1 Å². The molecule has 0 saturated carbocycles. The van der Waals surface area contributed by atoms with Crippen LogP contribution in [0.4, 0.5) is 5.69 Å². The van der Waals surface area contributed by atoms with Gasteiger partial charge in [-0.05, 0) is 67.3 Å². The number of nitrogens with one attached hydrogen (secondary N) is 1. The molecule has 0 bridgehead atoms. The Hall–Kier alpha value is -2.05. The molecule has 150 valence electrons. The van der Waals surface area contributed by atoms with Crippen molar-refractivity contribution < 1.29 is 14.3 Å². The summed E-state index contributed by atoms with van der Waals surface area (Å²) in [7, 11) is 1.55. The zero-order valence-electron chi connectivity index (χ0n) is 16.2. The molecule has 0 unspecified atom stereocenters. The molecule has 2 heterocycles. The number of nitrogens with zero attached hydrogens (tertiary/aromatic N) is 1. The summed E-state index contributed by atoms with van der Waals surface area (Å²) in [4.78, 5) is 27.8. The van der Waals surface area contributed by atoms with E-state index in [0.29, 0.717) is 28.8 Å². The zero-order valence-corrected chi connectivity index (χ0v) is 17.7. The predicted molar refractivity (Wildman–Crippen MR) is 114 cm³/mol. The third-order valence-electron chi connectivity index (χ3n) is 5.08. The van der Waals surface area contributed by atoms with Gasteiger partial charge in [-0.2, -0.15) is 0 Å². The molecule has 1 saturated heterocycles. The van der Waals surface area contributed by atoms with E-state index in [1.54, 1.807) is 25.3 Å². The summed E-state index contributed by atoms with van der Waals surface area (Å²) in [6, 6.07) is 7.17. The predicted octanol–water partition coefficient (Wildman–Crippen LogP) is 4.99. The smallest absolute Gasteiger partial charge is 0.264 e. The number of likely N-dealkylation sites (tertiary alicyclic amines) is 1. The van der Waals surface area contributed by atoms with Gasteiger partial charge in [0.15, 0.2) is 0 Å². The maximum absolute atomic E-state index is 12.7. The van der Waals surface area contributed by atoms with E-state index in [9.17, 15) is 9.59 Å². The summed E-state index contributed by atoms with van der Waals surface area (Å²) >= 11 is 7.60. The number of carbonyl (C=O) groups is 2. The van der Waals surface area contributed by atoms with Crippen molar-refractivity contribution in [2.45, 2.75) is 32.6 Å². The number of thiophene rings is 1. The fourth-order valence-corrected chi connectivity index (χ4v) is 4.67. The number of benzene rings is 1. The van der Waals surface area contributed by atoms with E-state index in [1.165, 1.54) is 11.3 Å². The SMILES string of the molecule is COc1ccc(NC(=O)CC[C@@H]2CCCN(C(=O)c3sccc3C)C2)cc1Cl. The molecule has 1 aliphatic heterocycles. The highest BCUT2D eigenvalue weighted by Gasteiger charge is 2.26. The molecule has 0 aliphatic carbocycles. The number of halogens is 1. The number of rotatable bonds is 6. The molecule has 3 rings (SSSR count). The highest BCUT2D eigenvalue weighted by molar-refractivity contribution is 7.12. The number of piperidine rings is 1. The van der Waals surface area contributed by atoms with E-state index in [1.807, 2.05) is 23.3 Å². The summed E-state index contributed by atoms with van der Waals surface area (Å²) in [5.41, 5.74) is 1.69. The molecule has 1 aromatic heterocycles. The number of ether oxygens (including phenoxy) is 1. The highest BCUT2D eigenvalue weighted by Crippen LogP contribution is 2.28. The molecular formula is C21H25ClN2O3S. The Morgan fingerprint density at radius 3 is 2.86 bits per heavy atom. The largest absolute Gasteiger partial charge is 0.495 e. The normalized spacial score (nSPS) is 16.7. The van der Waals surface area contributed by atoms with Gasteiger partial charge in [0.25, 0.3) is 5.91 Å². The first-order valence-electron chi connectivity index (χ1n) is 9.44. The second kappa shape index (κ2) is 9.43. The van der Waals surface area contributed by atoms with Crippen molar-refractivity contribution in [1.29, 1.82) is 0 Å². The second-order valence-electron chi connectivity index (χ2n) is 7.13. The molecule has 1 fully saturated rings. The lowest BCUT2D eigenvalue weighted by molar-refractivity contribution is -0.116. The van der Waals surface area contributed by atoms with Crippen LogP contribution in [0, 0.1) is 12.8 Å². The van der Waals surface area contributed by atoms with Crippen molar-refractivity contribution in [3.05, 3.63) is 45.1 Å². The van der Waals surface area contributed by atoms with E-state index < -0.39 is 0 Å². The standard InChI is InChI=1S/C21H25ClN2O3S/c1-14-9-11-28-20(14)21(26)24-10-3-4-15(13-24)5-8-19(25)23-16-6-7-18(27-2)17(22)12-16/h6-7,9,11-12,15H,3-5,8,10,13H2,1-2H3,(H,23,25)/t15-/m0/s1. The Balaban J connectivity index is 1.50. The minimum atomic E-state index is -0.0428. The van der Waals surface area contributed by atoms with Crippen LogP contribution in [0.1, 0.15) is 40.9 Å². The second-order valence-corrected chi connectivity index (χ2v) is 8.45. The molecule has 1 atom stereocenters. The van der Waals surface area contributed by atoms with Gasteiger partial charge in [-0.25, -0.2) is 0 Å². The maximum Gasteiger partial charge on any atom is 0.264 e. The van der Waals surface area contributed by atoms with Crippen molar-refractivity contribution in [3.63, 3.8) is 0 Å². The lowest BCUT2D eigenvalue weighted by Gasteiger charge is -2.32. The molecule has 2 aromatic rings. The monoisotopic (exact) mass is 420 g/mol. The van der Waals surface area contributed by atoms with Crippen LogP contribution in [-0.4, -0.2) is 36.9 Å². The van der Waals surface area contributed by atoms with Gasteiger partial charge in [0.1, 0.15) is 5.75 Å². The molecule has 1 aromatic carbocycles. The van der Waals surface area contributed by atoms with Gasteiger partial charge in [-0.15, -0.1) is 11.3 Å². The van der Waals surface area contributed by atoms with Gasteiger partial charge in [0, 0.05) is 25.2 Å². The van der Waals surface area contributed by atoms with Crippen LogP contribution in [0.3, 0.4) is 0 Å². The van der Waals surface area contributed by atoms with Crippen molar-refractivity contribution in [1.82, 2.24) is 4.90 Å². The van der Waals surface area contributed by atoms with Crippen LogP contribution in [0.25, 0.3) is 0 Å². The molecule has 0 spiro atoms. The van der Waals surface area contributed by atoms with Gasteiger partial charge >= 0.3 is 0 Å². The van der Waals surface area contributed by atoms with Crippen LogP contribution in [0.2, 0.25) is 5.02 Å². The fourth-order valence-electron chi connectivity index (χ4n) is 3.52. The first-order valence-corrected chi connectivity index (χ1v) is 10.7. The lowest BCUT2D eigenvalue weighted by atomic mass is 9.93. The summed E-state index contributed by atoms with van der Waals surface area (Å²) in [5.74, 6) is 1.00. The number of hydrogen-bond donors (Lipinski definition) is 1. The molecule has 2 amide bonds. The Labute approximate surface area is 174 Å². The first-order chi connectivity index (χ1) is 13.5. The van der Waals surface area contributed by atoms with Crippen molar-refractivity contribution in [2.24, 2.45) is 5.92 Å². The highest BCUT2D eigenvalue weighted by atomic mass is 35.5. The molecule has 1 N–H and O–H groups in total. The Morgan fingerprint density at radius 2 is 2.18 bits per heavy atom. The van der Waals surface area contributed by atoms with Crippen molar-refractivity contribution >= 4 is 40.4 Å². The maximum atomic E-state index is 12.7. The topological polar surface area (TPSA) is 58.6 Å². The number of methoxy groups -OCH3 is 1.